The van der Waals surface area contributed by atoms with Gasteiger partial charge in [0.1, 0.15) is 95.0 Å². The van der Waals surface area contributed by atoms with Crippen molar-refractivity contribution < 1.29 is 122 Å². The van der Waals surface area contributed by atoms with Gasteiger partial charge >= 0.3 is 12.1 Å². The average Bonchev–Trinajstić information content (AvgIpc) is 0.771. The van der Waals surface area contributed by atoms with Gasteiger partial charge in [0.05, 0.1) is 35.3 Å². The second-order valence-electron chi connectivity index (χ2n) is 28.4. The third kappa shape index (κ3) is 17.7. The van der Waals surface area contributed by atoms with Crippen molar-refractivity contribution in [2.45, 2.75) is 183 Å². The number of nitrogens with two attached hydrogens (primary N) is 2. The van der Waals surface area contributed by atoms with Crippen LogP contribution in [0.2, 0.25) is 10.0 Å². The van der Waals surface area contributed by atoms with Crippen molar-refractivity contribution in [3.8, 4) is 57.1 Å². The molecule has 7 aliphatic heterocycles. The first kappa shape index (κ1) is 79.7. The number of halogens is 2. The number of aliphatic carboxylic acids is 1. The fraction of sp³-hybridized carbons (Fsp3) is 0.451. The number of phenolic OH excluding ortho intramolecular Hbond substituents is 3. The molecule has 0 aliphatic carbocycles. The van der Waals surface area contributed by atoms with Gasteiger partial charge in [0.2, 0.25) is 53.4 Å². The molecule has 0 spiro atoms. The van der Waals surface area contributed by atoms with E-state index in [1.165, 1.54) is 51.2 Å². The molecule has 576 valence electrons. The molecule has 8 amide bonds. The zero-order chi connectivity index (χ0) is 78.3. The SMILES string of the molecule is CC(C)C[C@H](C(=O)N[C@H]1C(=O)N[C@@H](CC(N)=O)C(=O)N[C@H]2C(=O)N[C@H]3C(=O)N[C@@H](Cc4ccc(c(Cl)c4)Oc4cc2cc(c4OC2OC(CO)C(O)C(O)C2OC2CC(C)(N)C(O)C(C)O2)Oc2ccc(cc2Cl)[C@H]1O)C(=O)N[C@H](C(=O)O)c1cc(O)cc(O)c1-c1cc3ccc1O)N(C)C(=O)OC(C)(C)C. The van der Waals surface area contributed by atoms with Crippen molar-refractivity contribution >= 4 is 76.6 Å². The molecule has 0 aromatic heterocycles. The molecule has 107 heavy (non-hydrogen) atoms. The monoisotopic (exact) mass is 1530 g/mol. The van der Waals surface area contributed by atoms with Gasteiger partial charge < -0.3 is 122 Å². The van der Waals surface area contributed by atoms with Crippen LogP contribution in [0.15, 0.2) is 78.9 Å². The minimum absolute atomic E-state index is 0.0570. The first-order valence-corrected chi connectivity index (χ1v) is 34.5. The first-order chi connectivity index (χ1) is 50.2. The maximum atomic E-state index is 16.1. The van der Waals surface area contributed by atoms with Crippen LogP contribution in [0, 0.1) is 5.92 Å². The van der Waals surface area contributed by atoms with Crippen LogP contribution in [0.25, 0.3) is 11.1 Å². The van der Waals surface area contributed by atoms with Crippen molar-refractivity contribution in [3.05, 3.63) is 117 Å². The van der Waals surface area contributed by atoms with E-state index in [1.807, 2.05) is 0 Å². The Morgan fingerprint density at radius 2 is 1.37 bits per heavy atom. The average molecular weight is 1530 g/mol. The normalized spacial score (nSPS) is 27.8. The van der Waals surface area contributed by atoms with E-state index in [4.69, 9.17) is 67.8 Å². The van der Waals surface area contributed by atoms with Crippen molar-refractivity contribution in [3.63, 3.8) is 0 Å². The Balaban J connectivity index is 1.22. The quantitative estimate of drug-likeness (QED) is 0.0804. The minimum Gasteiger partial charge on any atom is -0.508 e. The van der Waals surface area contributed by atoms with Gasteiger partial charge in [-0.3, -0.25) is 38.5 Å². The summed E-state index contributed by atoms with van der Waals surface area (Å²) in [7, 11) is 1.27. The Bertz CT molecular complexity index is 4310. The van der Waals surface area contributed by atoms with Crippen molar-refractivity contribution in [1.29, 1.82) is 0 Å². The number of carboxylic acids is 1. The summed E-state index contributed by atoms with van der Waals surface area (Å²) < 4.78 is 44.1. The Kier molecular flexibility index (Phi) is 23.8. The number of carbonyl (C=O) groups excluding carboxylic acids is 8. The number of aliphatic hydroxyl groups excluding tert-OH is 5. The lowest BCUT2D eigenvalue weighted by Crippen LogP contribution is -2.64. The van der Waals surface area contributed by atoms with E-state index in [-0.39, 0.29) is 52.0 Å². The second-order valence-corrected chi connectivity index (χ2v) is 29.2. The van der Waals surface area contributed by atoms with Crippen molar-refractivity contribution in [2.75, 3.05) is 13.7 Å². The molecule has 5 aromatic rings. The predicted octanol–water partition coefficient (Wildman–Crippen LogP) is 2.26. The van der Waals surface area contributed by atoms with Gasteiger partial charge in [0, 0.05) is 48.2 Å². The Labute approximate surface area is 620 Å². The standard InChI is InChI=1S/C71H83Cl2N9O25/c1-27(2)15-40(82(8)69(100)107-70(4,5)6)63(94)81-54-55(88)31-11-14-44(37(73)19-31)103-46-21-32-20-45(58(46)106-68-59(57(90)56(89)47(26-83)104-68)105-49-25-71(7,75)60(91)28(3)101-49)102-43-13-9-29(16-36(43)72)17-38-61(92)80-53(67(98)99)35-22-33(84)23-42(86)50(35)34-18-30(10-12-41(34)85)51(64(95)76-38)79-65(96)52(32)78-62(93)39(24-48(74)87)77-66(54)97/h9-14,16,18-23,27-28,38-40,47,49,51-57,59-60,68,83-86,88-91H,15,17,24-26,75H2,1-8H3,(H2,74,87)(H,76,95)(H,77,97)(H,78,93)(H,79,96)(H,80,92)(H,81,94)(H,98,99)/t28?,38-,39-,40+,47?,49?,51+,52+,53-,54+,55+,56?,57?,59?,60?,68?,71?/m0/s1. The van der Waals surface area contributed by atoms with E-state index in [0.717, 1.165) is 53.4 Å². The summed E-state index contributed by atoms with van der Waals surface area (Å²) in [5.74, 6) is -15.9. The number of nitrogens with one attached hydrogen (secondary N) is 6. The zero-order valence-corrected chi connectivity index (χ0v) is 60.3. The highest BCUT2D eigenvalue weighted by atomic mass is 35.5. The number of carboxylic acid groups (broad SMARTS) is 1. The summed E-state index contributed by atoms with van der Waals surface area (Å²) in [5.41, 5.74) is 7.60. The van der Waals surface area contributed by atoms with Gasteiger partial charge in [-0.25, -0.2) is 9.59 Å². The molecule has 5 aromatic carbocycles. The van der Waals surface area contributed by atoms with E-state index in [2.05, 4.69) is 31.9 Å². The Morgan fingerprint density at radius 3 is 1.98 bits per heavy atom. The highest BCUT2D eigenvalue weighted by Gasteiger charge is 2.52. The molecule has 0 saturated carbocycles. The number of phenols is 3. The van der Waals surface area contributed by atoms with Crippen LogP contribution in [0.3, 0.4) is 0 Å². The third-order valence-corrected chi connectivity index (χ3v) is 19.0. The number of primary amides is 1. The van der Waals surface area contributed by atoms with Crippen LogP contribution >= 0.6 is 23.2 Å². The number of rotatable bonds is 13. The summed E-state index contributed by atoms with van der Waals surface area (Å²) in [6.07, 6.45) is -18.2. The van der Waals surface area contributed by atoms with E-state index >= 15 is 19.2 Å². The molecule has 36 heteroatoms. The smallest absolute Gasteiger partial charge is 0.410 e. The number of hydrogen-bond donors (Lipinski definition) is 17. The summed E-state index contributed by atoms with van der Waals surface area (Å²) in [4.78, 5) is 133. The molecular weight excluding hydrogens is 1450 g/mol. The maximum Gasteiger partial charge on any atom is 0.410 e. The number of ether oxygens (including phenoxy) is 7. The molecule has 12 rings (SSSR count). The van der Waals surface area contributed by atoms with Crippen LogP contribution in [0.1, 0.15) is 120 Å². The van der Waals surface area contributed by atoms with Gasteiger partial charge in [-0.1, -0.05) is 55.2 Å². The van der Waals surface area contributed by atoms with Crippen LogP contribution in [-0.4, -0.2) is 202 Å². The molecule has 17 atom stereocenters. The van der Waals surface area contributed by atoms with E-state index in [9.17, 15) is 69.9 Å². The van der Waals surface area contributed by atoms with Crippen LogP contribution in [0.4, 0.5) is 4.79 Å². The maximum absolute atomic E-state index is 16.1. The molecule has 19 N–H and O–H groups in total. The molecule has 7 heterocycles. The lowest BCUT2D eigenvalue weighted by atomic mass is 9.86. The number of nitrogens with zero attached hydrogens (tertiary/aromatic N) is 1. The van der Waals surface area contributed by atoms with Gasteiger partial charge in [-0.2, -0.15) is 0 Å². The number of carbonyl (C=O) groups is 9. The number of likely N-dealkylation sites (N-methyl/N-ethyl adjacent to an activating group) is 1. The lowest BCUT2D eigenvalue weighted by molar-refractivity contribution is -0.333. The Hall–Kier alpha value is -9.85. The van der Waals surface area contributed by atoms with E-state index < -0.39 is 243 Å². The van der Waals surface area contributed by atoms with Crippen molar-refractivity contribution in [2.24, 2.45) is 17.4 Å². The fourth-order valence-electron chi connectivity index (χ4n) is 13.0. The van der Waals surface area contributed by atoms with Crippen molar-refractivity contribution in [1.82, 2.24) is 36.8 Å². The third-order valence-electron chi connectivity index (χ3n) is 18.4. The lowest BCUT2D eigenvalue weighted by Gasteiger charge is -2.47. The van der Waals surface area contributed by atoms with Gasteiger partial charge in [0.15, 0.2) is 29.9 Å². The number of hydrogen-bond acceptors (Lipinski definition) is 25. The highest BCUT2D eigenvalue weighted by molar-refractivity contribution is 6.32. The number of amides is 8. The van der Waals surface area contributed by atoms with E-state index in [0.29, 0.717) is 0 Å². The number of aliphatic hydroxyl groups is 5. The highest BCUT2D eigenvalue weighted by Crippen LogP contribution is 2.50. The van der Waals surface area contributed by atoms with Crippen LogP contribution < -0.4 is 57.6 Å². The molecule has 2 saturated heterocycles. The number of fused-ring (bicyclic) bond motifs is 15. The minimum atomic E-state index is -2.34. The van der Waals surface area contributed by atoms with Gasteiger partial charge in [-0.05, 0) is 124 Å². The Morgan fingerprint density at radius 1 is 0.748 bits per heavy atom. The summed E-state index contributed by atoms with van der Waals surface area (Å²) >= 11 is 14.2. The van der Waals surface area contributed by atoms with Crippen LogP contribution in [-0.2, 0) is 63.7 Å². The molecule has 7 aliphatic rings. The number of benzene rings is 5. The summed E-state index contributed by atoms with van der Waals surface area (Å²) in [6.45, 7) is 10.3. The molecule has 11 bridgehead atoms. The second kappa shape index (κ2) is 31.9. The van der Waals surface area contributed by atoms with E-state index in [1.54, 1.807) is 34.6 Å². The van der Waals surface area contributed by atoms with Crippen LogP contribution in [0.5, 0.6) is 46.0 Å². The summed E-state index contributed by atoms with van der Waals surface area (Å²) in [5, 5.41) is 116. The predicted molar refractivity (Wildman–Crippen MR) is 373 cm³/mol. The molecular formula is C71H83Cl2N9O25. The first-order valence-electron chi connectivity index (χ1n) is 33.8. The topological polar surface area (TPSA) is 528 Å². The molecule has 2 fully saturated rings. The fourth-order valence-corrected chi connectivity index (χ4v) is 13.4. The van der Waals surface area contributed by atoms with Gasteiger partial charge in [-0.15, -0.1) is 0 Å². The van der Waals surface area contributed by atoms with Gasteiger partial charge in [0.25, 0.3) is 0 Å². The number of aromatic hydroxyl groups is 3. The summed E-state index contributed by atoms with van der Waals surface area (Å²) in [6, 6.07) is 0.0550. The molecule has 9 unspecified atom stereocenters. The molecule has 0 radical (unpaired) electrons. The molecule has 34 nitrogen and oxygen atoms in total. The largest absolute Gasteiger partial charge is 0.508 e. The zero-order valence-electron chi connectivity index (χ0n) is 58.8.